The average molecular weight is 257 g/mol. The SMILES string of the molecule is CCOC(=O)/C(C#N)=C/N(C)N=Cc1ccccc1. The molecule has 1 aromatic carbocycles. The monoisotopic (exact) mass is 257 g/mol. The minimum absolute atomic E-state index is 0.0884. The smallest absolute Gasteiger partial charge is 0.350 e. The highest BCUT2D eigenvalue weighted by molar-refractivity contribution is 5.92. The molecule has 98 valence electrons. The van der Waals surface area contributed by atoms with Crippen molar-refractivity contribution >= 4 is 12.2 Å². The maximum Gasteiger partial charge on any atom is 0.350 e. The van der Waals surface area contributed by atoms with Gasteiger partial charge in [-0.1, -0.05) is 30.3 Å². The van der Waals surface area contributed by atoms with Gasteiger partial charge in [0.05, 0.1) is 12.8 Å². The Morgan fingerprint density at radius 3 is 2.74 bits per heavy atom. The number of nitriles is 1. The van der Waals surface area contributed by atoms with Crippen molar-refractivity contribution in [1.29, 1.82) is 5.26 Å². The van der Waals surface area contributed by atoms with Gasteiger partial charge in [-0.3, -0.25) is 5.01 Å². The van der Waals surface area contributed by atoms with Gasteiger partial charge in [0.15, 0.2) is 5.57 Å². The maximum absolute atomic E-state index is 11.4. The summed E-state index contributed by atoms with van der Waals surface area (Å²) in [6.45, 7) is 1.92. The second-order valence-electron chi connectivity index (χ2n) is 3.60. The lowest BCUT2D eigenvalue weighted by Gasteiger charge is -2.07. The standard InChI is InChI=1S/C14H15N3O2/c1-3-19-14(18)13(9-15)11-17(2)16-10-12-7-5-4-6-8-12/h4-8,10-11H,3H2,1-2H3/b13-11+,16-10?. The molecule has 0 N–H and O–H groups in total. The van der Waals surface area contributed by atoms with Gasteiger partial charge in [0.1, 0.15) is 6.07 Å². The van der Waals surface area contributed by atoms with Crippen LogP contribution in [0.2, 0.25) is 0 Å². The molecule has 0 heterocycles. The lowest BCUT2D eigenvalue weighted by atomic mass is 10.2. The van der Waals surface area contributed by atoms with E-state index in [0.29, 0.717) is 0 Å². The zero-order chi connectivity index (χ0) is 14.1. The molecule has 5 nitrogen and oxygen atoms in total. The van der Waals surface area contributed by atoms with Crippen molar-refractivity contribution in [1.82, 2.24) is 5.01 Å². The fourth-order valence-electron chi connectivity index (χ4n) is 1.25. The van der Waals surface area contributed by atoms with E-state index in [2.05, 4.69) is 5.10 Å². The number of benzene rings is 1. The Bertz CT molecular complexity index is 515. The number of nitrogens with zero attached hydrogens (tertiary/aromatic N) is 3. The average Bonchev–Trinajstić information content (AvgIpc) is 2.44. The second kappa shape index (κ2) is 7.67. The highest BCUT2D eigenvalue weighted by Crippen LogP contribution is 2.00. The summed E-state index contributed by atoms with van der Waals surface area (Å²) in [5, 5.41) is 14.3. The van der Waals surface area contributed by atoms with Crippen LogP contribution in [0.1, 0.15) is 12.5 Å². The predicted octanol–water partition coefficient (Wildman–Crippen LogP) is 1.92. The van der Waals surface area contributed by atoms with Crippen LogP contribution in [0.25, 0.3) is 0 Å². The summed E-state index contributed by atoms with van der Waals surface area (Å²) in [7, 11) is 1.63. The Morgan fingerprint density at radius 1 is 1.47 bits per heavy atom. The Morgan fingerprint density at radius 2 is 2.16 bits per heavy atom. The zero-order valence-electron chi connectivity index (χ0n) is 10.9. The van der Waals surface area contributed by atoms with Crippen molar-refractivity contribution in [2.45, 2.75) is 6.92 Å². The van der Waals surface area contributed by atoms with Gasteiger partial charge in [0.25, 0.3) is 0 Å². The molecule has 1 aromatic rings. The first-order chi connectivity index (χ1) is 9.17. The molecule has 0 aliphatic carbocycles. The fraction of sp³-hybridized carbons (Fsp3) is 0.214. The lowest BCUT2D eigenvalue weighted by Crippen LogP contribution is -2.11. The van der Waals surface area contributed by atoms with E-state index in [1.165, 1.54) is 11.2 Å². The third kappa shape index (κ3) is 5.04. The molecule has 0 aliphatic heterocycles. The molecule has 0 bridgehead atoms. The van der Waals surface area contributed by atoms with Gasteiger partial charge in [-0.25, -0.2) is 4.79 Å². The molecule has 0 aliphatic rings. The summed E-state index contributed by atoms with van der Waals surface area (Å²) in [5.41, 5.74) is 0.840. The summed E-state index contributed by atoms with van der Waals surface area (Å²) in [4.78, 5) is 11.4. The van der Waals surface area contributed by atoms with Gasteiger partial charge in [-0.15, -0.1) is 0 Å². The summed E-state index contributed by atoms with van der Waals surface area (Å²) < 4.78 is 4.75. The van der Waals surface area contributed by atoms with E-state index in [9.17, 15) is 4.79 Å². The van der Waals surface area contributed by atoms with E-state index >= 15 is 0 Å². The molecule has 0 atom stereocenters. The van der Waals surface area contributed by atoms with E-state index < -0.39 is 5.97 Å². The summed E-state index contributed by atoms with van der Waals surface area (Å²) in [5.74, 6) is -0.647. The first kappa shape index (κ1) is 14.5. The number of carbonyl (C=O) groups excluding carboxylic acids is 1. The minimum atomic E-state index is -0.647. The zero-order valence-corrected chi connectivity index (χ0v) is 10.9. The quantitative estimate of drug-likeness (QED) is 0.266. The lowest BCUT2D eigenvalue weighted by molar-refractivity contribution is -0.138. The van der Waals surface area contributed by atoms with Gasteiger partial charge in [-0.2, -0.15) is 10.4 Å². The van der Waals surface area contributed by atoms with E-state index in [1.807, 2.05) is 30.3 Å². The molecule has 0 saturated carbocycles. The highest BCUT2D eigenvalue weighted by Gasteiger charge is 2.10. The van der Waals surface area contributed by atoms with Gasteiger partial charge < -0.3 is 4.74 Å². The topological polar surface area (TPSA) is 65.7 Å². The Kier molecular flexibility index (Phi) is 5.83. The van der Waals surface area contributed by atoms with Gasteiger partial charge in [0, 0.05) is 13.2 Å². The number of rotatable bonds is 5. The molecule has 5 heteroatoms. The van der Waals surface area contributed by atoms with Gasteiger partial charge in [0.2, 0.25) is 0 Å². The van der Waals surface area contributed by atoms with Crippen LogP contribution in [0.4, 0.5) is 0 Å². The number of esters is 1. The largest absolute Gasteiger partial charge is 0.462 e. The second-order valence-corrected chi connectivity index (χ2v) is 3.60. The van der Waals surface area contributed by atoms with Crippen LogP contribution in [0, 0.1) is 11.3 Å². The number of hydrazone groups is 1. The summed E-state index contributed by atoms with van der Waals surface area (Å²) in [6.07, 6.45) is 2.97. The predicted molar refractivity (Wildman–Crippen MR) is 72.1 cm³/mol. The van der Waals surface area contributed by atoms with E-state index in [1.54, 1.807) is 26.3 Å². The molecule has 0 aromatic heterocycles. The van der Waals surface area contributed by atoms with Gasteiger partial charge >= 0.3 is 5.97 Å². The van der Waals surface area contributed by atoms with E-state index in [0.717, 1.165) is 5.56 Å². The van der Waals surface area contributed by atoms with Crippen LogP contribution in [0.5, 0.6) is 0 Å². The molecule has 0 unspecified atom stereocenters. The van der Waals surface area contributed by atoms with Crippen LogP contribution in [-0.2, 0) is 9.53 Å². The third-order valence-electron chi connectivity index (χ3n) is 2.12. The van der Waals surface area contributed by atoms with Crippen molar-refractivity contribution < 1.29 is 9.53 Å². The van der Waals surface area contributed by atoms with Crippen molar-refractivity contribution in [3.63, 3.8) is 0 Å². The van der Waals surface area contributed by atoms with E-state index in [4.69, 9.17) is 10.00 Å². The van der Waals surface area contributed by atoms with Crippen molar-refractivity contribution in [2.75, 3.05) is 13.7 Å². The summed E-state index contributed by atoms with van der Waals surface area (Å²) in [6, 6.07) is 11.3. The molecular weight excluding hydrogens is 242 g/mol. The first-order valence-electron chi connectivity index (χ1n) is 5.78. The minimum Gasteiger partial charge on any atom is -0.462 e. The molecular formula is C14H15N3O2. The molecule has 0 amide bonds. The first-order valence-corrected chi connectivity index (χ1v) is 5.78. The number of ether oxygens (including phenoxy) is 1. The van der Waals surface area contributed by atoms with Gasteiger partial charge in [-0.05, 0) is 12.5 Å². The molecule has 0 saturated heterocycles. The van der Waals surface area contributed by atoms with Crippen LogP contribution in [-0.4, -0.2) is 30.8 Å². The van der Waals surface area contributed by atoms with Crippen LogP contribution < -0.4 is 0 Å². The van der Waals surface area contributed by atoms with Crippen molar-refractivity contribution in [3.05, 3.63) is 47.7 Å². The number of hydrogen-bond acceptors (Lipinski definition) is 5. The maximum atomic E-state index is 11.4. The third-order valence-corrected chi connectivity index (χ3v) is 2.12. The molecule has 19 heavy (non-hydrogen) atoms. The molecule has 0 radical (unpaired) electrons. The Balaban J connectivity index is 2.72. The molecule has 0 spiro atoms. The van der Waals surface area contributed by atoms with Crippen LogP contribution >= 0.6 is 0 Å². The highest BCUT2D eigenvalue weighted by atomic mass is 16.5. The normalized spacial score (nSPS) is 11.1. The number of carbonyl (C=O) groups is 1. The molecule has 1 rings (SSSR count). The summed E-state index contributed by atoms with van der Waals surface area (Å²) >= 11 is 0. The Hall–Kier alpha value is -2.61. The number of hydrogen-bond donors (Lipinski definition) is 0. The molecule has 0 fully saturated rings. The Labute approximate surface area is 112 Å². The van der Waals surface area contributed by atoms with Crippen molar-refractivity contribution in [2.24, 2.45) is 5.10 Å². The van der Waals surface area contributed by atoms with Crippen molar-refractivity contribution in [3.8, 4) is 6.07 Å². The van der Waals surface area contributed by atoms with Crippen LogP contribution in [0.3, 0.4) is 0 Å². The van der Waals surface area contributed by atoms with Crippen LogP contribution in [0.15, 0.2) is 47.2 Å². The van der Waals surface area contributed by atoms with E-state index in [-0.39, 0.29) is 12.2 Å². The fourth-order valence-corrected chi connectivity index (χ4v) is 1.25.